The average Bonchev–Trinajstić information content (AvgIpc) is 2.71. The number of aromatic nitrogens is 1. The van der Waals surface area contributed by atoms with Gasteiger partial charge in [0.2, 0.25) is 11.8 Å². The van der Waals surface area contributed by atoms with Gasteiger partial charge in [0.05, 0.1) is 30.9 Å². The highest BCUT2D eigenvalue weighted by atomic mass is 16.5. The van der Waals surface area contributed by atoms with Crippen LogP contribution in [0.4, 0.5) is 0 Å². The molecule has 0 spiro atoms. The Hall–Kier alpha value is -3.38. The smallest absolute Gasteiger partial charge is 0.252 e. The van der Waals surface area contributed by atoms with Gasteiger partial charge < -0.3 is 24.8 Å². The molecule has 1 aromatic heterocycles. The molecule has 9 nitrogen and oxygen atoms in total. The largest absolute Gasteiger partial charge is 0.490 e. The van der Waals surface area contributed by atoms with Crippen molar-refractivity contribution in [2.24, 2.45) is 5.73 Å². The zero-order valence-corrected chi connectivity index (χ0v) is 17.0. The summed E-state index contributed by atoms with van der Waals surface area (Å²) in [5, 5.41) is 10.1. The quantitative estimate of drug-likeness (QED) is 0.732. The van der Waals surface area contributed by atoms with Crippen LogP contribution in [0.25, 0.3) is 10.8 Å². The Labute approximate surface area is 174 Å². The number of morpholine rings is 1. The molecule has 9 heteroatoms. The second-order valence-corrected chi connectivity index (χ2v) is 7.19. The van der Waals surface area contributed by atoms with E-state index in [4.69, 9.17) is 25.2 Å². The lowest BCUT2D eigenvalue weighted by atomic mass is 10.1. The second kappa shape index (κ2) is 9.41. The Balaban J connectivity index is 1.80. The van der Waals surface area contributed by atoms with Crippen LogP contribution in [0.5, 0.6) is 11.6 Å². The van der Waals surface area contributed by atoms with Gasteiger partial charge in [0, 0.05) is 18.1 Å². The van der Waals surface area contributed by atoms with Gasteiger partial charge in [-0.25, -0.2) is 4.98 Å². The SMILES string of the molecule is CC(C)Oc1cc2c(OC[C@H]3CN(C(=O)CC#N)CCO3)nccc2cc1C(N)=O. The van der Waals surface area contributed by atoms with Crippen LogP contribution in [-0.2, 0) is 9.53 Å². The third kappa shape index (κ3) is 4.96. The van der Waals surface area contributed by atoms with Crippen molar-refractivity contribution in [3.63, 3.8) is 0 Å². The number of hydrogen-bond donors (Lipinski definition) is 1. The van der Waals surface area contributed by atoms with E-state index in [2.05, 4.69) is 4.98 Å². The predicted octanol–water partition coefficient (Wildman–Crippen LogP) is 1.64. The standard InChI is InChI=1S/C21H24N4O5/c1-13(2)30-18-10-16-14(9-17(18)20(23)27)4-6-24-21(16)29-12-15-11-25(7-8-28-15)19(26)3-5-22/h4,6,9-10,13,15H,3,7-8,11-12H2,1-2H3,(H2,23,27)/t15-/m1/s1. The first-order chi connectivity index (χ1) is 14.4. The topological polar surface area (TPSA) is 128 Å². The molecular formula is C21H24N4O5. The Morgan fingerprint density at radius 3 is 2.93 bits per heavy atom. The molecule has 1 fully saturated rings. The maximum atomic E-state index is 11.9. The summed E-state index contributed by atoms with van der Waals surface area (Å²) in [7, 11) is 0. The fraction of sp³-hybridized carbons (Fsp3) is 0.429. The van der Waals surface area contributed by atoms with Crippen molar-refractivity contribution in [3.8, 4) is 17.7 Å². The summed E-state index contributed by atoms with van der Waals surface area (Å²) in [5.41, 5.74) is 5.79. The van der Waals surface area contributed by atoms with Crippen LogP contribution in [0.2, 0.25) is 0 Å². The first-order valence-electron chi connectivity index (χ1n) is 9.67. The van der Waals surface area contributed by atoms with E-state index in [1.165, 1.54) is 0 Å². The summed E-state index contributed by atoms with van der Waals surface area (Å²) in [5.74, 6) is -0.0700. The highest BCUT2D eigenvalue weighted by Crippen LogP contribution is 2.31. The first kappa shape index (κ1) is 21.3. The van der Waals surface area contributed by atoms with Gasteiger partial charge in [-0.15, -0.1) is 0 Å². The molecule has 0 radical (unpaired) electrons. The zero-order valence-electron chi connectivity index (χ0n) is 17.0. The molecular weight excluding hydrogens is 388 g/mol. The minimum Gasteiger partial charge on any atom is -0.490 e. The number of nitrogens with zero attached hydrogens (tertiary/aromatic N) is 3. The molecule has 1 saturated heterocycles. The molecule has 0 aliphatic carbocycles. The van der Waals surface area contributed by atoms with Crippen molar-refractivity contribution < 1.29 is 23.8 Å². The summed E-state index contributed by atoms with van der Waals surface area (Å²) < 4.78 is 17.3. The number of pyridine rings is 1. The number of rotatable bonds is 7. The molecule has 1 aliphatic rings. The summed E-state index contributed by atoms with van der Waals surface area (Å²) in [6, 6.07) is 6.98. The van der Waals surface area contributed by atoms with E-state index in [0.717, 1.165) is 5.39 Å². The molecule has 158 valence electrons. The van der Waals surface area contributed by atoms with Crippen molar-refractivity contribution in [1.29, 1.82) is 5.26 Å². The lowest BCUT2D eigenvalue weighted by Gasteiger charge is -2.32. The third-order valence-corrected chi connectivity index (χ3v) is 4.58. The summed E-state index contributed by atoms with van der Waals surface area (Å²) in [6.45, 7) is 5.07. The van der Waals surface area contributed by atoms with Crippen LogP contribution < -0.4 is 15.2 Å². The van der Waals surface area contributed by atoms with E-state index >= 15 is 0 Å². The normalized spacial score (nSPS) is 16.3. The van der Waals surface area contributed by atoms with Crippen molar-refractivity contribution in [3.05, 3.63) is 30.0 Å². The Morgan fingerprint density at radius 2 is 2.23 bits per heavy atom. The van der Waals surface area contributed by atoms with Gasteiger partial charge in [0.1, 0.15) is 24.9 Å². The van der Waals surface area contributed by atoms with Crippen LogP contribution in [0.3, 0.4) is 0 Å². The number of nitriles is 1. The zero-order chi connectivity index (χ0) is 21.7. The molecule has 3 rings (SSSR count). The van der Waals surface area contributed by atoms with E-state index in [9.17, 15) is 9.59 Å². The second-order valence-electron chi connectivity index (χ2n) is 7.19. The maximum absolute atomic E-state index is 11.9. The number of hydrogen-bond acceptors (Lipinski definition) is 7. The molecule has 30 heavy (non-hydrogen) atoms. The lowest BCUT2D eigenvalue weighted by Crippen LogP contribution is -2.47. The van der Waals surface area contributed by atoms with E-state index in [-0.39, 0.29) is 36.7 Å². The molecule has 0 saturated carbocycles. The molecule has 1 atom stereocenters. The molecule has 2 heterocycles. The molecule has 2 N–H and O–H groups in total. The number of ether oxygens (including phenoxy) is 3. The predicted molar refractivity (Wildman–Crippen MR) is 108 cm³/mol. The van der Waals surface area contributed by atoms with Crippen LogP contribution in [0.1, 0.15) is 30.6 Å². The number of carbonyl (C=O) groups is 2. The number of benzene rings is 1. The van der Waals surface area contributed by atoms with E-state index in [1.807, 2.05) is 19.9 Å². The van der Waals surface area contributed by atoms with Gasteiger partial charge in [0.15, 0.2) is 0 Å². The minimum atomic E-state index is -0.579. The van der Waals surface area contributed by atoms with Gasteiger partial charge in [0.25, 0.3) is 5.91 Å². The van der Waals surface area contributed by atoms with Crippen molar-refractivity contribution >= 4 is 22.6 Å². The fourth-order valence-electron chi connectivity index (χ4n) is 3.23. The number of amides is 2. The molecule has 2 amide bonds. The summed E-state index contributed by atoms with van der Waals surface area (Å²) >= 11 is 0. The van der Waals surface area contributed by atoms with Crippen LogP contribution in [0, 0.1) is 11.3 Å². The lowest BCUT2D eigenvalue weighted by molar-refractivity contribution is -0.138. The monoisotopic (exact) mass is 412 g/mol. The van der Waals surface area contributed by atoms with Gasteiger partial charge in [-0.1, -0.05) is 0 Å². The van der Waals surface area contributed by atoms with E-state index < -0.39 is 5.91 Å². The minimum absolute atomic E-state index is 0.144. The number of nitrogens with two attached hydrogens (primary N) is 1. The number of fused-ring (bicyclic) bond motifs is 1. The van der Waals surface area contributed by atoms with Crippen LogP contribution in [-0.4, -0.2) is 60.2 Å². The highest BCUT2D eigenvalue weighted by molar-refractivity contribution is 6.01. The average molecular weight is 412 g/mol. The highest BCUT2D eigenvalue weighted by Gasteiger charge is 2.25. The number of carbonyl (C=O) groups excluding carboxylic acids is 2. The summed E-state index contributed by atoms with van der Waals surface area (Å²) in [4.78, 5) is 29.7. The van der Waals surface area contributed by atoms with E-state index in [0.29, 0.717) is 36.7 Å². The summed E-state index contributed by atoms with van der Waals surface area (Å²) in [6.07, 6.45) is 0.943. The Kier molecular flexibility index (Phi) is 6.69. The molecule has 0 bridgehead atoms. The van der Waals surface area contributed by atoms with Gasteiger partial charge in [-0.3, -0.25) is 9.59 Å². The maximum Gasteiger partial charge on any atom is 0.252 e. The molecule has 0 unspecified atom stereocenters. The van der Waals surface area contributed by atoms with Gasteiger partial charge in [-0.05, 0) is 37.4 Å². The van der Waals surface area contributed by atoms with Crippen molar-refractivity contribution in [2.45, 2.75) is 32.5 Å². The molecule has 2 aromatic rings. The number of primary amides is 1. The third-order valence-electron chi connectivity index (χ3n) is 4.58. The van der Waals surface area contributed by atoms with E-state index in [1.54, 1.807) is 29.3 Å². The van der Waals surface area contributed by atoms with Crippen LogP contribution >= 0.6 is 0 Å². The van der Waals surface area contributed by atoms with Gasteiger partial charge >= 0.3 is 0 Å². The molecule has 1 aromatic carbocycles. The van der Waals surface area contributed by atoms with Crippen LogP contribution in [0.15, 0.2) is 24.4 Å². The molecule has 1 aliphatic heterocycles. The Morgan fingerprint density at radius 1 is 1.43 bits per heavy atom. The van der Waals surface area contributed by atoms with Gasteiger partial charge in [-0.2, -0.15) is 5.26 Å². The van der Waals surface area contributed by atoms with Crippen molar-refractivity contribution in [2.75, 3.05) is 26.3 Å². The Bertz CT molecular complexity index is 985. The first-order valence-corrected chi connectivity index (χ1v) is 9.67. The fourth-order valence-corrected chi connectivity index (χ4v) is 3.23. The van der Waals surface area contributed by atoms with Crippen molar-refractivity contribution in [1.82, 2.24) is 9.88 Å².